The van der Waals surface area contributed by atoms with Crippen LogP contribution in [0.4, 0.5) is 0 Å². The highest BCUT2D eigenvalue weighted by molar-refractivity contribution is 5.94. The topological polar surface area (TPSA) is 226 Å². The Labute approximate surface area is 244 Å². The van der Waals surface area contributed by atoms with Gasteiger partial charge in [0.05, 0.1) is 6.04 Å². The van der Waals surface area contributed by atoms with Gasteiger partial charge in [0.25, 0.3) is 0 Å². The fraction of sp³-hybridized carbons (Fsp3) is 0.414. The molecular formula is C29H39N7O6. The van der Waals surface area contributed by atoms with Crippen LogP contribution in [-0.4, -0.2) is 82.0 Å². The number of carboxylic acid groups (broad SMARTS) is 1. The number of hydrogen-bond acceptors (Lipinski definition) is 7. The molecule has 0 bridgehead atoms. The number of likely N-dealkylation sites (tertiary alicyclic amines) is 1. The zero-order chi connectivity index (χ0) is 30.6. The molecule has 4 unspecified atom stereocenters. The van der Waals surface area contributed by atoms with Crippen molar-refractivity contribution >= 4 is 29.7 Å². The van der Waals surface area contributed by atoms with E-state index >= 15 is 0 Å². The molecule has 1 fully saturated rings. The second-order valence-corrected chi connectivity index (χ2v) is 10.3. The third-order valence-corrected chi connectivity index (χ3v) is 7.02. The summed E-state index contributed by atoms with van der Waals surface area (Å²) < 4.78 is 0. The number of hydrogen-bond donors (Lipinski definition) is 7. The molecular weight excluding hydrogens is 542 g/mol. The number of aromatic hydroxyl groups is 1. The Morgan fingerprint density at radius 1 is 0.952 bits per heavy atom. The zero-order valence-corrected chi connectivity index (χ0v) is 23.3. The standard InChI is InChI=1S/C29H39N7O6/c30-21(16-19-10-12-20(37)13-11-19)25(38)34-22(8-4-14-33-29(31)32)27(40)36-15-5-9-24(36)26(39)35-23(28(41)42)17-18-6-2-1-3-7-18/h1-3,6-7,10-13,21-24,37H,4-5,8-9,14-17,30H2,(H,34,38)(H,35,39)(H,41,42)(H4,31,32,33). The molecule has 0 radical (unpaired) electrons. The van der Waals surface area contributed by atoms with E-state index in [-0.39, 0.29) is 44.1 Å². The Balaban J connectivity index is 1.70. The van der Waals surface area contributed by atoms with Crippen LogP contribution in [0.5, 0.6) is 5.75 Å². The second-order valence-electron chi connectivity index (χ2n) is 10.3. The van der Waals surface area contributed by atoms with Crippen molar-refractivity contribution in [2.45, 2.75) is 62.7 Å². The van der Waals surface area contributed by atoms with Crippen LogP contribution in [0, 0.1) is 0 Å². The number of carbonyl (C=O) groups excluding carboxylic acids is 3. The highest BCUT2D eigenvalue weighted by Gasteiger charge is 2.39. The fourth-order valence-corrected chi connectivity index (χ4v) is 4.84. The van der Waals surface area contributed by atoms with Crippen molar-refractivity contribution in [2.75, 3.05) is 13.1 Å². The first kappa shape index (κ1) is 31.9. The smallest absolute Gasteiger partial charge is 0.326 e. The molecule has 42 heavy (non-hydrogen) atoms. The molecule has 13 heteroatoms. The molecule has 0 saturated carbocycles. The number of carbonyl (C=O) groups is 4. The predicted molar refractivity (Wildman–Crippen MR) is 156 cm³/mol. The lowest BCUT2D eigenvalue weighted by Crippen LogP contribution is -2.57. The van der Waals surface area contributed by atoms with Crippen LogP contribution < -0.4 is 27.8 Å². The number of nitrogens with zero attached hydrogens (tertiary/aromatic N) is 2. The van der Waals surface area contributed by atoms with Gasteiger partial charge in [0.15, 0.2) is 5.96 Å². The molecule has 10 N–H and O–H groups in total. The van der Waals surface area contributed by atoms with Gasteiger partial charge in [0.1, 0.15) is 23.9 Å². The van der Waals surface area contributed by atoms with E-state index in [9.17, 15) is 29.4 Å². The molecule has 0 aromatic heterocycles. The molecule has 2 aromatic carbocycles. The number of rotatable bonds is 14. The van der Waals surface area contributed by atoms with Gasteiger partial charge in [-0.15, -0.1) is 0 Å². The number of guanidine groups is 1. The first-order valence-corrected chi connectivity index (χ1v) is 13.8. The minimum atomic E-state index is -1.18. The van der Waals surface area contributed by atoms with Crippen molar-refractivity contribution in [1.29, 1.82) is 0 Å². The average molecular weight is 582 g/mol. The van der Waals surface area contributed by atoms with Crippen molar-refractivity contribution in [3.8, 4) is 5.75 Å². The molecule has 1 aliphatic heterocycles. The number of nitrogens with one attached hydrogen (secondary N) is 2. The SMILES string of the molecule is NC(N)=NCCCC(NC(=O)C(N)Cc1ccc(O)cc1)C(=O)N1CCCC1C(=O)NC(Cc1ccccc1)C(=O)O. The van der Waals surface area contributed by atoms with E-state index in [0.717, 1.165) is 11.1 Å². The van der Waals surface area contributed by atoms with Crippen LogP contribution >= 0.6 is 0 Å². The molecule has 226 valence electrons. The lowest BCUT2D eigenvalue weighted by molar-refractivity contribution is -0.145. The van der Waals surface area contributed by atoms with Gasteiger partial charge in [0, 0.05) is 19.5 Å². The predicted octanol–water partition coefficient (Wildman–Crippen LogP) is -0.396. The number of nitrogens with two attached hydrogens (primary N) is 3. The third kappa shape index (κ3) is 9.47. The number of aliphatic carboxylic acids is 1. The van der Waals surface area contributed by atoms with Crippen molar-refractivity contribution in [3.63, 3.8) is 0 Å². The fourth-order valence-electron chi connectivity index (χ4n) is 4.84. The van der Waals surface area contributed by atoms with Crippen LogP contribution in [0.2, 0.25) is 0 Å². The summed E-state index contributed by atoms with van der Waals surface area (Å²) in [6.45, 7) is 0.498. The van der Waals surface area contributed by atoms with Gasteiger partial charge in [-0.25, -0.2) is 4.79 Å². The summed E-state index contributed by atoms with van der Waals surface area (Å²) in [6, 6.07) is 11.1. The lowest BCUT2D eigenvalue weighted by atomic mass is 10.0. The van der Waals surface area contributed by atoms with E-state index in [4.69, 9.17) is 17.2 Å². The van der Waals surface area contributed by atoms with E-state index in [0.29, 0.717) is 19.3 Å². The lowest BCUT2D eigenvalue weighted by Gasteiger charge is -2.30. The maximum Gasteiger partial charge on any atom is 0.326 e. The molecule has 13 nitrogen and oxygen atoms in total. The summed E-state index contributed by atoms with van der Waals surface area (Å²) >= 11 is 0. The average Bonchev–Trinajstić information content (AvgIpc) is 3.45. The maximum absolute atomic E-state index is 13.7. The number of phenolic OH excluding ortho intramolecular Hbond substituents is 1. The Morgan fingerprint density at radius 3 is 2.26 bits per heavy atom. The van der Waals surface area contributed by atoms with Gasteiger partial charge in [-0.05, 0) is 55.4 Å². The molecule has 3 rings (SSSR count). The van der Waals surface area contributed by atoms with Crippen LogP contribution in [-0.2, 0) is 32.0 Å². The molecule has 1 heterocycles. The Morgan fingerprint density at radius 2 is 1.62 bits per heavy atom. The number of benzene rings is 2. The van der Waals surface area contributed by atoms with Crippen LogP contribution in [0.15, 0.2) is 59.6 Å². The van der Waals surface area contributed by atoms with Gasteiger partial charge < -0.3 is 42.9 Å². The van der Waals surface area contributed by atoms with E-state index in [2.05, 4.69) is 15.6 Å². The molecule has 0 aliphatic carbocycles. The number of carboxylic acids is 1. The Bertz CT molecular complexity index is 1250. The molecule has 3 amide bonds. The van der Waals surface area contributed by atoms with Crippen LogP contribution in [0.1, 0.15) is 36.8 Å². The monoisotopic (exact) mass is 581 g/mol. The Hall–Kier alpha value is -4.65. The highest BCUT2D eigenvalue weighted by atomic mass is 16.4. The van der Waals surface area contributed by atoms with Crippen molar-refractivity contribution in [3.05, 3.63) is 65.7 Å². The maximum atomic E-state index is 13.7. The zero-order valence-electron chi connectivity index (χ0n) is 23.3. The summed E-state index contributed by atoms with van der Waals surface area (Å²) in [5.74, 6) is -2.80. The van der Waals surface area contributed by atoms with E-state index in [1.165, 1.54) is 17.0 Å². The number of aliphatic imine (C=N–C) groups is 1. The molecule has 1 aliphatic rings. The van der Waals surface area contributed by atoms with Crippen LogP contribution in [0.25, 0.3) is 0 Å². The molecule has 4 atom stereocenters. The van der Waals surface area contributed by atoms with Gasteiger partial charge in [0.2, 0.25) is 17.7 Å². The minimum Gasteiger partial charge on any atom is -0.508 e. The normalized spacial score (nSPS) is 16.6. The summed E-state index contributed by atoms with van der Waals surface area (Å²) in [5.41, 5.74) is 18.4. The van der Waals surface area contributed by atoms with E-state index in [1.54, 1.807) is 36.4 Å². The quantitative estimate of drug-likeness (QED) is 0.0874. The molecule has 0 spiro atoms. The minimum absolute atomic E-state index is 0.0853. The van der Waals surface area contributed by atoms with Gasteiger partial charge in [-0.1, -0.05) is 42.5 Å². The van der Waals surface area contributed by atoms with Gasteiger partial charge in [-0.3, -0.25) is 19.4 Å². The number of phenols is 1. The van der Waals surface area contributed by atoms with Crippen molar-refractivity contribution in [1.82, 2.24) is 15.5 Å². The Kier molecular flexibility index (Phi) is 11.7. The number of amides is 3. The van der Waals surface area contributed by atoms with E-state index < -0.39 is 47.9 Å². The molecule has 2 aromatic rings. The van der Waals surface area contributed by atoms with E-state index in [1.807, 2.05) is 6.07 Å². The molecule has 1 saturated heterocycles. The summed E-state index contributed by atoms with van der Waals surface area (Å²) in [7, 11) is 0. The highest BCUT2D eigenvalue weighted by Crippen LogP contribution is 2.21. The van der Waals surface area contributed by atoms with Crippen molar-refractivity contribution in [2.24, 2.45) is 22.2 Å². The largest absolute Gasteiger partial charge is 0.508 e. The summed E-state index contributed by atoms with van der Waals surface area (Å²) in [6.07, 6.45) is 1.70. The van der Waals surface area contributed by atoms with Crippen molar-refractivity contribution < 1.29 is 29.4 Å². The first-order chi connectivity index (χ1) is 20.0. The second kappa shape index (κ2) is 15.4. The third-order valence-electron chi connectivity index (χ3n) is 7.02. The van der Waals surface area contributed by atoms with Gasteiger partial charge in [-0.2, -0.15) is 0 Å². The first-order valence-electron chi connectivity index (χ1n) is 13.8. The summed E-state index contributed by atoms with van der Waals surface area (Å²) in [5, 5.41) is 24.5. The van der Waals surface area contributed by atoms with Crippen LogP contribution in [0.3, 0.4) is 0 Å². The summed E-state index contributed by atoms with van der Waals surface area (Å²) in [4.78, 5) is 57.2. The van der Waals surface area contributed by atoms with Gasteiger partial charge >= 0.3 is 5.97 Å².